The van der Waals surface area contributed by atoms with Gasteiger partial charge in [0.05, 0.1) is 12.7 Å². The van der Waals surface area contributed by atoms with Crippen LogP contribution in [-0.4, -0.2) is 34.1 Å². The maximum atomic E-state index is 8.91. The Bertz CT molecular complexity index is 65.3. The van der Waals surface area contributed by atoms with E-state index < -0.39 is 12.2 Å². The molecule has 0 radical (unpaired) electrons. The van der Waals surface area contributed by atoms with Gasteiger partial charge in [-0.05, 0) is 6.42 Å². The lowest BCUT2D eigenvalue weighted by Gasteiger charge is -2.13. The number of hydrogen-bond donors (Lipinski definition) is 3. The van der Waals surface area contributed by atoms with Crippen molar-refractivity contribution < 1.29 is 15.3 Å². The first-order valence-electron chi connectivity index (χ1n) is 3.19. The van der Waals surface area contributed by atoms with E-state index in [1.54, 1.807) is 0 Å². The van der Waals surface area contributed by atoms with Gasteiger partial charge in [0.2, 0.25) is 0 Å². The standard InChI is InChI=1S/C6H14O3/c1-2-3-5(8)6(9)4-7/h5-9H,2-4H2,1H3/t5-,6+/m1/s1. The lowest BCUT2D eigenvalue weighted by molar-refractivity contribution is -0.0177. The molecule has 0 aliphatic carbocycles. The summed E-state index contributed by atoms with van der Waals surface area (Å²) in [5.41, 5.74) is 0. The van der Waals surface area contributed by atoms with Crippen molar-refractivity contribution in [1.29, 1.82) is 0 Å². The Labute approximate surface area is 54.9 Å². The van der Waals surface area contributed by atoms with Crippen molar-refractivity contribution in [2.75, 3.05) is 6.61 Å². The minimum atomic E-state index is -0.968. The highest BCUT2D eigenvalue weighted by Gasteiger charge is 2.12. The number of aliphatic hydroxyl groups is 3. The highest BCUT2D eigenvalue weighted by Crippen LogP contribution is 2.00. The van der Waals surface area contributed by atoms with Crippen LogP contribution in [0.3, 0.4) is 0 Å². The first kappa shape index (κ1) is 8.88. The van der Waals surface area contributed by atoms with E-state index in [9.17, 15) is 0 Å². The van der Waals surface area contributed by atoms with E-state index in [4.69, 9.17) is 15.3 Å². The summed E-state index contributed by atoms with van der Waals surface area (Å²) in [7, 11) is 0. The predicted molar refractivity (Wildman–Crippen MR) is 34.0 cm³/mol. The molecule has 0 aromatic heterocycles. The van der Waals surface area contributed by atoms with Gasteiger partial charge in [-0.15, -0.1) is 0 Å². The topological polar surface area (TPSA) is 60.7 Å². The smallest absolute Gasteiger partial charge is 0.103 e. The molecule has 0 bridgehead atoms. The maximum Gasteiger partial charge on any atom is 0.103 e. The van der Waals surface area contributed by atoms with Gasteiger partial charge in [-0.1, -0.05) is 13.3 Å². The van der Waals surface area contributed by atoms with Gasteiger partial charge in [0, 0.05) is 0 Å². The number of rotatable bonds is 4. The molecule has 0 rings (SSSR count). The Balaban J connectivity index is 3.32. The van der Waals surface area contributed by atoms with Crippen molar-refractivity contribution >= 4 is 0 Å². The molecule has 0 aliphatic rings. The van der Waals surface area contributed by atoms with Crippen LogP contribution in [0.15, 0.2) is 0 Å². The first-order chi connectivity index (χ1) is 4.22. The molecule has 0 unspecified atom stereocenters. The third kappa shape index (κ3) is 3.46. The lowest BCUT2D eigenvalue weighted by atomic mass is 10.1. The molecule has 0 saturated heterocycles. The molecule has 0 aliphatic heterocycles. The van der Waals surface area contributed by atoms with Gasteiger partial charge in [0.25, 0.3) is 0 Å². The molecule has 9 heavy (non-hydrogen) atoms. The van der Waals surface area contributed by atoms with Crippen molar-refractivity contribution in [3.05, 3.63) is 0 Å². The summed E-state index contributed by atoms with van der Waals surface area (Å²) in [6.45, 7) is 1.55. The average Bonchev–Trinajstić information content (AvgIpc) is 1.87. The molecular formula is C6H14O3. The Morgan fingerprint density at radius 3 is 2.11 bits per heavy atom. The molecule has 3 nitrogen and oxygen atoms in total. The van der Waals surface area contributed by atoms with Crippen LogP contribution in [0, 0.1) is 0 Å². The van der Waals surface area contributed by atoms with Crippen molar-refractivity contribution in [1.82, 2.24) is 0 Å². The van der Waals surface area contributed by atoms with E-state index in [0.29, 0.717) is 6.42 Å². The molecule has 3 N–H and O–H groups in total. The van der Waals surface area contributed by atoms with Gasteiger partial charge in [-0.2, -0.15) is 0 Å². The highest BCUT2D eigenvalue weighted by molar-refractivity contribution is 4.63. The van der Waals surface area contributed by atoms with Crippen LogP contribution in [0.25, 0.3) is 0 Å². The van der Waals surface area contributed by atoms with Gasteiger partial charge in [-0.25, -0.2) is 0 Å². The fourth-order valence-corrected chi connectivity index (χ4v) is 0.610. The Morgan fingerprint density at radius 2 is 1.78 bits per heavy atom. The van der Waals surface area contributed by atoms with Crippen molar-refractivity contribution in [3.8, 4) is 0 Å². The largest absolute Gasteiger partial charge is 0.394 e. The van der Waals surface area contributed by atoms with E-state index in [1.807, 2.05) is 6.92 Å². The summed E-state index contributed by atoms with van der Waals surface area (Å²) >= 11 is 0. The van der Waals surface area contributed by atoms with E-state index in [-0.39, 0.29) is 6.61 Å². The molecule has 0 aromatic rings. The first-order valence-corrected chi connectivity index (χ1v) is 3.19. The summed E-state index contributed by atoms with van der Waals surface area (Å²) in [4.78, 5) is 0. The van der Waals surface area contributed by atoms with Crippen LogP contribution in [0.1, 0.15) is 19.8 Å². The second-order valence-electron chi connectivity index (χ2n) is 2.11. The van der Waals surface area contributed by atoms with E-state index in [0.717, 1.165) is 6.42 Å². The summed E-state index contributed by atoms with van der Waals surface area (Å²) in [6, 6.07) is 0. The zero-order valence-electron chi connectivity index (χ0n) is 5.62. The van der Waals surface area contributed by atoms with Gasteiger partial charge in [-0.3, -0.25) is 0 Å². The van der Waals surface area contributed by atoms with Crippen molar-refractivity contribution in [2.45, 2.75) is 32.0 Å². The van der Waals surface area contributed by atoms with E-state index >= 15 is 0 Å². The lowest BCUT2D eigenvalue weighted by Crippen LogP contribution is -2.28. The van der Waals surface area contributed by atoms with Crippen LogP contribution in [0.4, 0.5) is 0 Å². The van der Waals surface area contributed by atoms with E-state index in [1.165, 1.54) is 0 Å². The van der Waals surface area contributed by atoms with Gasteiger partial charge in [0.15, 0.2) is 0 Å². The summed E-state index contributed by atoms with van der Waals surface area (Å²) in [6.07, 6.45) is -0.370. The monoisotopic (exact) mass is 134 g/mol. The van der Waals surface area contributed by atoms with Crippen LogP contribution in [-0.2, 0) is 0 Å². The maximum absolute atomic E-state index is 8.91. The zero-order valence-corrected chi connectivity index (χ0v) is 5.62. The van der Waals surface area contributed by atoms with E-state index in [2.05, 4.69) is 0 Å². The third-order valence-corrected chi connectivity index (χ3v) is 1.22. The van der Waals surface area contributed by atoms with Gasteiger partial charge >= 0.3 is 0 Å². The molecule has 0 amide bonds. The zero-order chi connectivity index (χ0) is 7.28. The molecule has 0 heterocycles. The Kier molecular flexibility index (Phi) is 4.67. The number of aliphatic hydroxyl groups excluding tert-OH is 3. The molecule has 0 aromatic carbocycles. The normalized spacial score (nSPS) is 17.3. The molecule has 3 heteroatoms. The summed E-state index contributed by atoms with van der Waals surface area (Å²) in [5.74, 6) is 0. The third-order valence-electron chi connectivity index (χ3n) is 1.22. The minimum Gasteiger partial charge on any atom is -0.394 e. The average molecular weight is 134 g/mol. The SMILES string of the molecule is CCC[C@@H](O)[C@@H](O)CO. The second-order valence-corrected chi connectivity index (χ2v) is 2.11. The molecule has 0 saturated carbocycles. The Hall–Kier alpha value is -0.120. The van der Waals surface area contributed by atoms with Crippen LogP contribution in [0.5, 0.6) is 0 Å². The summed E-state index contributed by atoms with van der Waals surface area (Å²) < 4.78 is 0. The molecule has 2 atom stereocenters. The van der Waals surface area contributed by atoms with Crippen LogP contribution >= 0.6 is 0 Å². The fourth-order valence-electron chi connectivity index (χ4n) is 0.610. The van der Waals surface area contributed by atoms with Crippen LogP contribution in [0.2, 0.25) is 0 Å². The van der Waals surface area contributed by atoms with Crippen LogP contribution < -0.4 is 0 Å². The quantitative estimate of drug-likeness (QED) is 0.486. The predicted octanol–water partition coefficient (Wildman–Crippen LogP) is -0.499. The fraction of sp³-hybridized carbons (Fsp3) is 1.00. The van der Waals surface area contributed by atoms with Crippen molar-refractivity contribution in [2.24, 2.45) is 0 Å². The van der Waals surface area contributed by atoms with Gasteiger partial charge < -0.3 is 15.3 Å². The highest BCUT2D eigenvalue weighted by atomic mass is 16.4. The molecule has 0 fully saturated rings. The van der Waals surface area contributed by atoms with Gasteiger partial charge in [0.1, 0.15) is 6.10 Å². The second kappa shape index (κ2) is 4.73. The summed E-state index contributed by atoms with van der Waals surface area (Å²) in [5, 5.41) is 26.0. The molecule has 56 valence electrons. The molecule has 0 spiro atoms. The number of hydrogen-bond acceptors (Lipinski definition) is 3. The molecular weight excluding hydrogens is 120 g/mol. The van der Waals surface area contributed by atoms with Crippen molar-refractivity contribution in [3.63, 3.8) is 0 Å². The minimum absolute atomic E-state index is 0.360. The Morgan fingerprint density at radius 1 is 1.22 bits per heavy atom.